The molecule has 2 aliphatic heterocycles. The zero-order valence-corrected chi connectivity index (χ0v) is 22.5. The highest BCUT2D eigenvalue weighted by atomic mass is 35.5. The maximum atomic E-state index is 10.7. The van der Waals surface area contributed by atoms with Gasteiger partial charge in [0.05, 0.1) is 5.39 Å². The Hall–Kier alpha value is -2.52. The number of aromatic nitrogens is 2. The number of benzene rings is 2. The Bertz CT molecular complexity index is 1350. The zero-order valence-electron chi connectivity index (χ0n) is 20.9. The van der Waals surface area contributed by atoms with E-state index < -0.39 is 6.10 Å². The van der Waals surface area contributed by atoms with Gasteiger partial charge in [0.1, 0.15) is 24.0 Å². The van der Waals surface area contributed by atoms with Crippen LogP contribution in [-0.2, 0) is 6.42 Å². The third-order valence-electron chi connectivity index (χ3n) is 7.15. The first-order chi connectivity index (χ1) is 17.6. The van der Waals surface area contributed by atoms with E-state index in [0.29, 0.717) is 41.3 Å². The Morgan fingerprint density at radius 1 is 1.14 bits per heavy atom. The van der Waals surface area contributed by atoms with E-state index in [1.54, 1.807) is 6.92 Å². The van der Waals surface area contributed by atoms with Crippen LogP contribution in [0.2, 0.25) is 0 Å². The van der Waals surface area contributed by atoms with Crippen molar-refractivity contribution in [1.82, 2.24) is 15.1 Å². The molecule has 4 aromatic rings. The lowest BCUT2D eigenvalue weighted by Gasteiger charge is -2.33. The lowest BCUT2D eigenvalue weighted by molar-refractivity contribution is 0.0599. The summed E-state index contributed by atoms with van der Waals surface area (Å²) >= 11 is 1.99. The Kier molecular flexibility index (Phi) is 8.09. The quantitative estimate of drug-likeness (QED) is 0.311. The van der Waals surface area contributed by atoms with Gasteiger partial charge in [-0.05, 0) is 79.8 Å². The first kappa shape index (κ1) is 26.1. The van der Waals surface area contributed by atoms with Crippen LogP contribution in [-0.4, -0.2) is 58.3 Å². The van der Waals surface area contributed by atoms with Gasteiger partial charge >= 0.3 is 0 Å². The fourth-order valence-corrected chi connectivity index (χ4v) is 6.30. The van der Waals surface area contributed by atoms with E-state index in [2.05, 4.69) is 33.3 Å². The molecule has 7 nitrogen and oxygen atoms in total. The topological polar surface area (TPSA) is 84.8 Å². The third kappa shape index (κ3) is 5.82. The molecule has 196 valence electrons. The van der Waals surface area contributed by atoms with Crippen molar-refractivity contribution in [3.8, 4) is 17.4 Å². The summed E-state index contributed by atoms with van der Waals surface area (Å²) in [5.74, 6) is 3.85. The second-order valence-corrected chi connectivity index (χ2v) is 10.9. The number of furan rings is 1. The fourth-order valence-electron chi connectivity index (χ4n) is 5.28. The van der Waals surface area contributed by atoms with E-state index in [-0.39, 0.29) is 19.0 Å². The molecule has 0 saturated carbocycles. The Labute approximate surface area is 227 Å². The van der Waals surface area contributed by atoms with Gasteiger partial charge < -0.3 is 23.6 Å². The molecule has 6 rings (SSSR count). The molecule has 2 aromatic heterocycles. The first-order valence-corrected chi connectivity index (χ1v) is 13.7. The van der Waals surface area contributed by atoms with Gasteiger partial charge in [0, 0.05) is 24.4 Å². The monoisotopic (exact) mass is 541 g/mol. The van der Waals surface area contributed by atoms with Gasteiger partial charge in [-0.15, -0.1) is 34.4 Å². The zero-order chi connectivity index (χ0) is 24.5. The van der Waals surface area contributed by atoms with Gasteiger partial charge in [-0.1, -0.05) is 18.2 Å². The highest BCUT2D eigenvalue weighted by Crippen LogP contribution is 2.36. The number of nitrogens with zero attached hydrogens (tertiary/aromatic N) is 3. The molecular formula is C28H32ClN3O4S. The first-order valence-electron chi connectivity index (χ1n) is 12.7. The van der Waals surface area contributed by atoms with E-state index in [1.807, 2.05) is 36.0 Å². The maximum Gasteiger partial charge on any atom is 0.283 e. The summed E-state index contributed by atoms with van der Waals surface area (Å²) in [4.78, 5) is 3.82. The number of ether oxygens (including phenoxy) is 1. The number of fused-ring (bicyclic) bond motifs is 2. The van der Waals surface area contributed by atoms with E-state index >= 15 is 0 Å². The highest BCUT2D eigenvalue weighted by Gasteiger charge is 2.24. The molecule has 1 fully saturated rings. The van der Waals surface area contributed by atoms with Crippen molar-refractivity contribution in [1.29, 1.82) is 0 Å². The Balaban J connectivity index is 0.00000280. The molecule has 0 radical (unpaired) electrons. The molecule has 0 spiro atoms. The standard InChI is InChI=1S/C28H31N3O4S.ClH/c1-18-29-30-28(34-18)26-15-23-24(5-2-6-25(23)35-26)33-17-22(32)16-31-11-9-19(10-12-31)20-7-8-27-21(14-20)4-3-13-36-27;/h2,5-8,14-15,19,22,32H,3-4,9-13,16-17H2,1H3;1H/t22-;/m0./s1. The van der Waals surface area contributed by atoms with Crippen LogP contribution in [0.5, 0.6) is 5.75 Å². The summed E-state index contributed by atoms with van der Waals surface area (Å²) in [6.45, 7) is 4.57. The highest BCUT2D eigenvalue weighted by molar-refractivity contribution is 7.99. The molecule has 1 N–H and O–H groups in total. The number of piperidine rings is 1. The minimum atomic E-state index is -0.567. The normalized spacial score (nSPS) is 17.4. The lowest BCUT2D eigenvalue weighted by Crippen LogP contribution is -2.40. The summed E-state index contributed by atoms with van der Waals surface area (Å²) in [5.41, 5.74) is 3.70. The fraction of sp³-hybridized carbons (Fsp3) is 0.429. The maximum absolute atomic E-state index is 10.7. The van der Waals surface area contributed by atoms with Crippen LogP contribution in [0.15, 0.2) is 56.2 Å². The largest absolute Gasteiger partial charge is 0.490 e. The molecule has 0 bridgehead atoms. The Morgan fingerprint density at radius 2 is 2.00 bits per heavy atom. The molecular weight excluding hydrogens is 510 g/mol. The van der Waals surface area contributed by atoms with Crippen molar-refractivity contribution in [2.75, 3.05) is 32.0 Å². The van der Waals surface area contributed by atoms with Gasteiger partial charge in [-0.3, -0.25) is 0 Å². The van der Waals surface area contributed by atoms with Gasteiger partial charge in [0.25, 0.3) is 5.89 Å². The summed E-state index contributed by atoms with van der Waals surface area (Å²) in [7, 11) is 0. The predicted molar refractivity (Wildman–Crippen MR) is 147 cm³/mol. The number of β-amino-alcohol motifs (C(OH)–C–C–N with tert-alkyl or cyclic N) is 1. The van der Waals surface area contributed by atoms with Crippen LogP contribution >= 0.6 is 24.2 Å². The van der Waals surface area contributed by atoms with Crippen LogP contribution < -0.4 is 4.74 Å². The van der Waals surface area contributed by atoms with Gasteiger partial charge in [-0.25, -0.2) is 0 Å². The number of rotatable bonds is 7. The smallest absolute Gasteiger partial charge is 0.283 e. The molecule has 2 aliphatic rings. The molecule has 37 heavy (non-hydrogen) atoms. The number of halogens is 1. The van der Waals surface area contributed by atoms with Crippen molar-refractivity contribution in [3.05, 3.63) is 59.5 Å². The van der Waals surface area contributed by atoms with Crippen molar-refractivity contribution in [3.63, 3.8) is 0 Å². The number of likely N-dealkylation sites (tertiary alicyclic amines) is 1. The van der Waals surface area contributed by atoms with Crippen LogP contribution in [0.25, 0.3) is 22.6 Å². The number of thioether (sulfide) groups is 1. The summed E-state index contributed by atoms with van der Waals surface area (Å²) < 4.78 is 17.4. The molecule has 9 heteroatoms. The average Bonchev–Trinajstić information content (AvgIpc) is 3.54. The average molecular weight is 542 g/mol. The summed E-state index contributed by atoms with van der Waals surface area (Å²) in [6, 6.07) is 14.6. The Morgan fingerprint density at radius 3 is 2.81 bits per heavy atom. The molecule has 0 aliphatic carbocycles. The van der Waals surface area contributed by atoms with Crippen molar-refractivity contribution in [2.24, 2.45) is 0 Å². The molecule has 4 heterocycles. The van der Waals surface area contributed by atoms with E-state index in [4.69, 9.17) is 13.6 Å². The number of hydrogen-bond acceptors (Lipinski definition) is 8. The number of aryl methyl sites for hydroxylation is 2. The summed E-state index contributed by atoms with van der Waals surface area (Å²) in [5, 5.41) is 19.4. The van der Waals surface area contributed by atoms with Crippen molar-refractivity contribution >= 4 is 35.1 Å². The van der Waals surface area contributed by atoms with Crippen LogP contribution in [0.1, 0.15) is 42.2 Å². The molecule has 1 saturated heterocycles. The SMILES string of the molecule is Cc1nnc(-c2cc3c(OC[C@@H](O)CN4CCC(c5ccc6c(c5)CCCS6)CC4)cccc3o2)o1.Cl. The molecule has 2 aromatic carbocycles. The van der Waals surface area contributed by atoms with Gasteiger partial charge in [0.15, 0.2) is 5.76 Å². The predicted octanol–water partition coefficient (Wildman–Crippen LogP) is 5.87. The molecule has 0 unspecified atom stereocenters. The molecule has 1 atom stereocenters. The minimum Gasteiger partial charge on any atom is -0.490 e. The number of aliphatic hydroxyl groups is 1. The second kappa shape index (κ2) is 11.5. The lowest BCUT2D eigenvalue weighted by atomic mass is 9.88. The van der Waals surface area contributed by atoms with Crippen LogP contribution in [0, 0.1) is 6.92 Å². The number of aliphatic hydroxyl groups excluding tert-OH is 1. The van der Waals surface area contributed by atoms with E-state index in [0.717, 1.165) is 31.3 Å². The van der Waals surface area contributed by atoms with E-state index in [9.17, 15) is 5.11 Å². The van der Waals surface area contributed by atoms with Gasteiger partial charge in [-0.2, -0.15) is 0 Å². The van der Waals surface area contributed by atoms with Crippen molar-refractivity contribution in [2.45, 2.75) is 49.5 Å². The third-order valence-corrected chi connectivity index (χ3v) is 8.35. The summed E-state index contributed by atoms with van der Waals surface area (Å²) in [6.07, 6.45) is 4.19. The van der Waals surface area contributed by atoms with Gasteiger partial charge in [0.2, 0.25) is 5.89 Å². The van der Waals surface area contributed by atoms with E-state index in [1.165, 1.54) is 34.6 Å². The van der Waals surface area contributed by atoms with Crippen LogP contribution in [0.4, 0.5) is 0 Å². The van der Waals surface area contributed by atoms with Crippen molar-refractivity contribution < 1.29 is 18.7 Å². The molecule has 0 amide bonds. The second-order valence-electron chi connectivity index (χ2n) is 9.76. The number of hydrogen-bond donors (Lipinski definition) is 1. The van der Waals surface area contributed by atoms with Crippen LogP contribution in [0.3, 0.4) is 0 Å². The minimum absolute atomic E-state index is 0.